The van der Waals surface area contributed by atoms with E-state index in [4.69, 9.17) is 5.73 Å². The van der Waals surface area contributed by atoms with Crippen molar-refractivity contribution in [3.05, 3.63) is 89.2 Å². The number of nitrogens with one attached hydrogen (secondary N) is 1. The normalized spacial score (nSPS) is 16.7. The molecule has 2 aliphatic rings. The number of halogens is 2. The van der Waals surface area contributed by atoms with E-state index in [1.165, 1.54) is 33.5 Å². The van der Waals surface area contributed by atoms with Crippen molar-refractivity contribution in [3.63, 3.8) is 0 Å². The van der Waals surface area contributed by atoms with E-state index >= 15 is 0 Å². The molecule has 0 aliphatic heterocycles. The first-order valence-electron chi connectivity index (χ1n) is 11.4. The Balaban J connectivity index is 0. The average Bonchev–Trinajstić information content (AvgIpc) is 3.02. The van der Waals surface area contributed by atoms with Gasteiger partial charge in [-0.25, -0.2) is 5.57 Å². The SMILES string of the molecule is CC1=[C-]C(C)C(C)=C1C.[Cl-].[Cl-].[Hf+4].[NH-]C(=O)C1CCCCC1.c1ccc([SiH]c2ccccc2)cc1. The Hall–Kier alpha value is -0.943. The first kappa shape index (κ1) is 35.2. The minimum absolute atomic E-state index is 0. The van der Waals surface area contributed by atoms with E-state index in [1.54, 1.807) is 0 Å². The fourth-order valence-electron chi connectivity index (χ4n) is 3.82. The zero-order valence-corrected chi connectivity index (χ0v) is 27.0. The predicted octanol–water partition coefficient (Wildman–Crippen LogP) is -0.0531. The smallest absolute Gasteiger partial charge is 1.00 e. The van der Waals surface area contributed by atoms with Gasteiger partial charge < -0.3 is 35.3 Å². The zero-order chi connectivity index (χ0) is 22.6. The van der Waals surface area contributed by atoms with Crippen molar-refractivity contribution < 1.29 is 55.5 Å². The molecule has 2 nitrogen and oxygen atoms in total. The van der Waals surface area contributed by atoms with Crippen LogP contribution in [0.15, 0.2) is 77.4 Å². The third-order valence-electron chi connectivity index (χ3n) is 6.14. The average molecular weight is 680 g/mol. The van der Waals surface area contributed by atoms with Gasteiger partial charge in [0.25, 0.3) is 0 Å². The fraction of sp³-hybridized carbons (Fsp3) is 0.393. The molecule has 0 bridgehead atoms. The number of allylic oxidation sites excluding steroid dienone is 4. The summed E-state index contributed by atoms with van der Waals surface area (Å²) in [7, 11) is 0.271. The maximum atomic E-state index is 10.5. The van der Waals surface area contributed by atoms with Crippen LogP contribution < -0.4 is 35.2 Å². The molecule has 2 aliphatic carbocycles. The molecule has 1 N–H and O–H groups in total. The molecule has 34 heavy (non-hydrogen) atoms. The van der Waals surface area contributed by atoms with Gasteiger partial charge >= 0.3 is 25.8 Å². The van der Waals surface area contributed by atoms with Crippen molar-refractivity contribution in [2.75, 3.05) is 0 Å². The van der Waals surface area contributed by atoms with E-state index in [1.807, 2.05) is 0 Å². The van der Waals surface area contributed by atoms with Crippen LogP contribution in [0.3, 0.4) is 0 Å². The molecule has 181 valence electrons. The Morgan fingerprint density at radius 2 is 1.29 bits per heavy atom. The molecule has 2 aromatic carbocycles. The molecule has 0 spiro atoms. The largest absolute Gasteiger partial charge is 4.00 e. The van der Waals surface area contributed by atoms with Crippen LogP contribution in [0.1, 0.15) is 59.8 Å². The Morgan fingerprint density at radius 3 is 1.56 bits per heavy atom. The summed E-state index contributed by atoms with van der Waals surface area (Å²) in [6.07, 6.45) is 8.83. The first-order chi connectivity index (χ1) is 14.9. The molecule has 1 amide bonds. The van der Waals surface area contributed by atoms with Crippen LogP contribution in [-0.2, 0) is 30.6 Å². The predicted molar refractivity (Wildman–Crippen MR) is 135 cm³/mol. The van der Waals surface area contributed by atoms with Crippen LogP contribution in [0.5, 0.6) is 0 Å². The summed E-state index contributed by atoms with van der Waals surface area (Å²) in [5, 5.41) is 2.90. The standard InChI is InChI=1S/C12H11Si.C9H13.C7H13NO.2ClH.Hf/c1-3-7-11(8-4-1)13-12-9-5-2-6-10-12;1-6-5-7(2)9(4)8(6)3;8-7(9)6-4-2-1-3-5-6;;;/h1-10,13H;6H,1-4H3;6H,1-5H2,(H2,8,9);2*1H;/q;-1;;;;+4/p-3. The van der Waals surface area contributed by atoms with Gasteiger partial charge in [-0.3, -0.25) is 6.08 Å². The number of hydrogen-bond acceptors (Lipinski definition) is 1. The molecule has 0 heterocycles. The summed E-state index contributed by atoms with van der Waals surface area (Å²) in [5.74, 6) is 0.290. The summed E-state index contributed by atoms with van der Waals surface area (Å²) >= 11 is 0. The molecule has 1 saturated carbocycles. The van der Waals surface area contributed by atoms with Crippen molar-refractivity contribution >= 4 is 25.8 Å². The quantitative estimate of drug-likeness (QED) is 0.332. The van der Waals surface area contributed by atoms with Gasteiger partial charge in [-0.15, -0.1) is 6.92 Å². The molecular formula is C28H36Cl2HfNOSi. The monoisotopic (exact) mass is 680 g/mol. The maximum absolute atomic E-state index is 10.5. The second-order valence-electron chi connectivity index (χ2n) is 8.46. The topological polar surface area (TPSA) is 40.9 Å². The van der Waals surface area contributed by atoms with Crippen LogP contribution in [0.2, 0.25) is 0 Å². The number of carbonyl (C=O) groups excluding carboxylic acids is 1. The van der Waals surface area contributed by atoms with Gasteiger partial charge in [0, 0.05) is 5.92 Å². The van der Waals surface area contributed by atoms with E-state index in [-0.39, 0.29) is 72.0 Å². The van der Waals surface area contributed by atoms with E-state index in [2.05, 4.69) is 94.4 Å². The zero-order valence-electron chi connectivity index (χ0n) is 20.7. The molecule has 6 heteroatoms. The van der Waals surface area contributed by atoms with Crippen LogP contribution >= 0.6 is 0 Å². The first-order valence-corrected chi connectivity index (χ1v) is 12.5. The summed E-state index contributed by atoms with van der Waals surface area (Å²) in [4.78, 5) is 10.5. The Kier molecular flexibility index (Phi) is 20.0. The number of amides is 1. The molecule has 1 unspecified atom stereocenters. The minimum Gasteiger partial charge on any atom is -1.00 e. The van der Waals surface area contributed by atoms with E-state index in [9.17, 15) is 4.79 Å². The number of benzene rings is 2. The summed E-state index contributed by atoms with van der Waals surface area (Å²) < 4.78 is 0. The molecule has 0 aromatic heterocycles. The van der Waals surface area contributed by atoms with Crippen LogP contribution in [0, 0.1) is 17.9 Å². The van der Waals surface area contributed by atoms with E-state index in [0.29, 0.717) is 5.92 Å². The van der Waals surface area contributed by atoms with Crippen molar-refractivity contribution in [1.29, 1.82) is 0 Å². The van der Waals surface area contributed by atoms with Crippen molar-refractivity contribution in [3.8, 4) is 0 Å². The Bertz CT molecular complexity index is 844. The van der Waals surface area contributed by atoms with Crippen molar-refractivity contribution in [1.82, 2.24) is 0 Å². The van der Waals surface area contributed by atoms with Gasteiger partial charge in [0.15, 0.2) is 0 Å². The second-order valence-corrected chi connectivity index (χ2v) is 10.1. The van der Waals surface area contributed by atoms with Gasteiger partial charge in [-0.1, -0.05) is 117 Å². The van der Waals surface area contributed by atoms with Crippen LogP contribution in [0.25, 0.3) is 5.73 Å². The molecule has 1 fully saturated rings. The third kappa shape index (κ3) is 12.7. The van der Waals surface area contributed by atoms with Gasteiger partial charge in [0.1, 0.15) is 9.52 Å². The van der Waals surface area contributed by atoms with Crippen LogP contribution in [0.4, 0.5) is 0 Å². The van der Waals surface area contributed by atoms with E-state index in [0.717, 1.165) is 25.7 Å². The summed E-state index contributed by atoms with van der Waals surface area (Å²) in [6, 6.07) is 21.3. The maximum Gasteiger partial charge on any atom is 4.00 e. The van der Waals surface area contributed by atoms with Crippen molar-refractivity contribution in [2.24, 2.45) is 11.8 Å². The Labute approximate surface area is 240 Å². The van der Waals surface area contributed by atoms with E-state index < -0.39 is 0 Å². The summed E-state index contributed by atoms with van der Waals surface area (Å²) in [6.45, 7) is 8.67. The fourth-order valence-corrected chi connectivity index (χ4v) is 5.03. The van der Waals surface area contributed by atoms with Gasteiger partial charge in [0.05, 0.1) is 5.91 Å². The van der Waals surface area contributed by atoms with Crippen molar-refractivity contribution in [2.45, 2.75) is 59.8 Å². The second kappa shape index (κ2) is 19.3. The number of rotatable bonds is 3. The Morgan fingerprint density at radius 1 is 0.853 bits per heavy atom. The third-order valence-corrected chi connectivity index (χ3v) is 7.58. The molecule has 4 rings (SSSR count). The molecule has 1 radical (unpaired) electrons. The van der Waals surface area contributed by atoms with Gasteiger partial charge in [-0.2, -0.15) is 11.1 Å². The molecule has 2 aromatic rings. The molecular weight excluding hydrogens is 644 g/mol. The van der Waals surface area contributed by atoms with Gasteiger partial charge in [-0.05, 0) is 12.8 Å². The number of hydrogen-bond donors (Lipinski definition) is 0. The number of carbonyl (C=O) groups is 1. The van der Waals surface area contributed by atoms with Crippen LogP contribution in [-0.4, -0.2) is 15.4 Å². The summed E-state index contributed by atoms with van der Waals surface area (Å²) in [5.41, 5.74) is 11.1. The molecule has 0 saturated heterocycles. The molecule has 1 atom stereocenters. The van der Waals surface area contributed by atoms with Gasteiger partial charge in [0.2, 0.25) is 0 Å². The minimum atomic E-state index is -0.352.